The van der Waals surface area contributed by atoms with Crippen LogP contribution in [0, 0.1) is 0 Å². The van der Waals surface area contributed by atoms with E-state index in [0.29, 0.717) is 6.42 Å². The topological polar surface area (TPSA) is 89.7 Å². The summed E-state index contributed by atoms with van der Waals surface area (Å²) in [4.78, 5) is 16.1. The van der Waals surface area contributed by atoms with Crippen molar-refractivity contribution in [2.24, 2.45) is 5.73 Å². The third kappa shape index (κ3) is 3.44. The smallest absolute Gasteiger partial charge is 0.349 e. The van der Waals surface area contributed by atoms with E-state index >= 15 is 0 Å². The first-order valence-electron chi connectivity index (χ1n) is 5.53. The van der Waals surface area contributed by atoms with Gasteiger partial charge in [0.2, 0.25) is 0 Å². The highest BCUT2D eigenvalue weighted by Gasteiger charge is 2.28. The van der Waals surface area contributed by atoms with Gasteiger partial charge in [-0.2, -0.15) is 8.42 Å². The van der Waals surface area contributed by atoms with Crippen molar-refractivity contribution in [2.45, 2.75) is 24.7 Å². The lowest BCUT2D eigenvalue weighted by Crippen LogP contribution is -2.40. The molecule has 0 unspecified atom stereocenters. The molecule has 7 heteroatoms. The number of nitrogens with zero attached hydrogens (tertiary/aromatic N) is 1. The van der Waals surface area contributed by atoms with Crippen LogP contribution >= 0.6 is 0 Å². The van der Waals surface area contributed by atoms with Crippen molar-refractivity contribution < 1.29 is 18.0 Å². The third-order valence-electron chi connectivity index (χ3n) is 2.15. The highest BCUT2D eigenvalue weighted by atomic mass is 32.2. The summed E-state index contributed by atoms with van der Waals surface area (Å²) in [6.07, 6.45) is 1.45. The van der Waals surface area contributed by atoms with Crippen LogP contribution in [0.5, 0.6) is 0 Å². The maximum absolute atomic E-state index is 12.1. The number of hydroxylamine groups is 1. The molecule has 0 radical (unpaired) electrons. The number of amides is 2. The molecule has 0 aromatic heterocycles. The number of urea groups is 1. The summed E-state index contributed by atoms with van der Waals surface area (Å²) in [5.74, 6) is 0. The van der Waals surface area contributed by atoms with E-state index in [1.165, 1.54) is 12.1 Å². The Kier molecular flexibility index (Phi) is 5.11. The molecule has 1 rings (SSSR count). The molecule has 0 spiro atoms. The summed E-state index contributed by atoms with van der Waals surface area (Å²) in [6.45, 7) is 2.04. The molecular formula is C11H16N2O4S. The molecule has 0 aliphatic heterocycles. The molecule has 0 aliphatic carbocycles. The number of primary amides is 1. The summed E-state index contributed by atoms with van der Waals surface area (Å²) >= 11 is 0. The molecule has 2 N–H and O–H groups in total. The predicted octanol–water partition coefficient (Wildman–Crippen LogP) is 1.49. The van der Waals surface area contributed by atoms with E-state index in [2.05, 4.69) is 0 Å². The molecule has 1 aromatic rings. The van der Waals surface area contributed by atoms with Crippen LogP contribution in [0.15, 0.2) is 35.2 Å². The summed E-state index contributed by atoms with van der Waals surface area (Å²) in [7, 11) is -4.04. The van der Waals surface area contributed by atoms with E-state index in [1.807, 2.05) is 6.92 Å². The van der Waals surface area contributed by atoms with Crippen molar-refractivity contribution in [1.82, 2.24) is 4.47 Å². The SMILES string of the molecule is CCCCON(C(N)=O)S(=O)(=O)c1ccccc1. The van der Waals surface area contributed by atoms with Gasteiger partial charge < -0.3 is 5.73 Å². The van der Waals surface area contributed by atoms with Gasteiger partial charge in [0.15, 0.2) is 0 Å². The Morgan fingerprint density at radius 1 is 1.33 bits per heavy atom. The number of unbranched alkanes of at least 4 members (excludes halogenated alkanes) is 1. The zero-order valence-corrected chi connectivity index (χ0v) is 10.9. The van der Waals surface area contributed by atoms with Crippen LogP contribution in [0.2, 0.25) is 0 Å². The second kappa shape index (κ2) is 6.36. The Bertz CT molecular complexity index is 487. The highest BCUT2D eigenvalue weighted by Crippen LogP contribution is 2.15. The van der Waals surface area contributed by atoms with Crippen LogP contribution in [0.1, 0.15) is 19.8 Å². The number of rotatable bonds is 6. The molecule has 0 saturated carbocycles. The van der Waals surface area contributed by atoms with Crippen molar-refractivity contribution in [3.8, 4) is 0 Å². The Balaban J connectivity index is 2.95. The first kappa shape index (κ1) is 14.5. The molecule has 0 atom stereocenters. The molecule has 0 saturated heterocycles. The normalized spacial score (nSPS) is 11.2. The first-order valence-corrected chi connectivity index (χ1v) is 6.97. The van der Waals surface area contributed by atoms with Gasteiger partial charge in [-0.15, -0.1) is 0 Å². The minimum atomic E-state index is -4.04. The van der Waals surface area contributed by atoms with Crippen molar-refractivity contribution in [1.29, 1.82) is 0 Å². The van der Waals surface area contributed by atoms with Gasteiger partial charge >= 0.3 is 6.03 Å². The zero-order valence-electron chi connectivity index (χ0n) is 10.1. The second-order valence-corrected chi connectivity index (χ2v) is 5.32. The Hall–Kier alpha value is -1.60. The zero-order chi connectivity index (χ0) is 13.6. The van der Waals surface area contributed by atoms with E-state index in [4.69, 9.17) is 10.6 Å². The largest absolute Gasteiger partial charge is 0.353 e. The minimum absolute atomic E-state index is 0.0414. The van der Waals surface area contributed by atoms with Gasteiger partial charge in [0.05, 0.1) is 11.5 Å². The molecule has 0 fully saturated rings. The predicted molar refractivity (Wildman–Crippen MR) is 65.9 cm³/mol. The van der Waals surface area contributed by atoms with Crippen molar-refractivity contribution in [3.05, 3.63) is 30.3 Å². The number of carbonyl (C=O) groups is 1. The fourth-order valence-corrected chi connectivity index (χ4v) is 2.37. The van der Waals surface area contributed by atoms with Crippen molar-refractivity contribution in [3.63, 3.8) is 0 Å². The van der Waals surface area contributed by atoms with Crippen LogP contribution in [0.3, 0.4) is 0 Å². The fraction of sp³-hybridized carbons (Fsp3) is 0.364. The molecule has 18 heavy (non-hydrogen) atoms. The summed E-state index contributed by atoms with van der Waals surface area (Å²) in [5, 5.41) is 0. The van der Waals surface area contributed by atoms with E-state index < -0.39 is 16.1 Å². The molecule has 0 bridgehead atoms. The average Bonchev–Trinajstić information content (AvgIpc) is 2.35. The number of hydrogen-bond donors (Lipinski definition) is 1. The number of sulfonamides is 1. The van der Waals surface area contributed by atoms with Crippen LogP contribution in [-0.2, 0) is 14.9 Å². The van der Waals surface area contributed by atoms with Gasteiger partial charge in [0.25, 0.3) is 10.0 Å². The molecule has 0 heterocycles. The second-order valence-electron chi connectivity index (χ2n) is 3.57. The number of benzene rings is 1. The first-order chi connectivity index (χ1) is 8.50. The van der Waals surface area contributed by atoms with Crippen LogP contribution in [-0.4, -0.2) is 25.5 Å². The fourth-order valence-electron chi connectivity index (χ4n) is 1.23. The average molecular weight is 272 g/mol. The van der Waals surface area contributed by atoms with Crippen LogP contribution in [0.4, 0.5) is 4.79 Å². The monoisotopic (exact) mass is 272 g/mol. The lowest BCUT2D eigenvalue weighted by molar-refractivity contribution is -0.0467. The number of nitrogens with two attached hydrogens (primary N) is 1. The Labute approximate surface area is 106 Å². The Morgan fingerprint density at radius 3 is 2.44 bits per heavy atom. The maximum atomic E-state index is 12.1. The van der Waals surface area contributed by atoms with Gasteiger partial charge in [-0.05, 0) is 18.6 Å². The maximum Gasteiger partial charge on any atom is 0.353 e. The molecule has 1 aromatic carbocycles. The van der Waals surface area contributed by atoms with E-state index in [1.54, 1.807) is 18.2 Å². The quantitative estimate of drug-likeness (QED) is 0.627. The minimum Gasteiger partial charge on any atom is -0.349 e. The van der Waals surface area contributed by atoms with Gasteiger partial charge in [-0.3, -0.25) is 4.84 Å². The number of hydrogen-bond acceptors (Lipinski definition) is 4. The molecule has 0 aliphatic rings. The van der Waals surface area contributed by atoms with Gasteiger partial charge in [0.1, 0.15) is 0 Å². The molecule has 2 amide bonds. The van der Waals surface area contributed by atoms with Gasteiger partial charge in [0, 0.05) is 0 Å². The van der Waals surface area contributed by atoms with Crippen LogP contribution < -0.4 is 5.73 Å². The van der Waals surface area contributed by atoms with Crippen molar-refractivity contribution in [2.75, 3.05) is 6.61 Å². The van der Waals surface area contributed by atoms with Gasteiger partial charge in [-0.1, -0.05) is 36.0 Å². The van der Waals surface area contributed by atoms with E-state index in [0.717, 1.165) is 6.42 Å². The van der Waals surface area contributed by atoms with E-state index in [-0.39, 0.29) is 16.0 Å². The third-order valence-corrected chi connectivity index (χ3v) is 3.74. The van der Waals surface area contributed by atoms with Gasteiger partial charge in [-0.25, -0.2) is 4.79 Å². The standard InChI is InChI=1S/C11H16N2O4S/c1-2-3-9-17-13(11(12)14)18(15,16)10-7-5-4-6-8-10/h4-8H,2-3,9H2,1H3,(H2,12,14). The summed E-state index contributed by atoms with van der Waals surface area (Å²) in [6, 6.07) is 6.36. The highest BCUT2D eigenvalue weighted by molar-refractivity contribution is 7.89. The van der Waals surface area contributed by atoms with E-state index in [9.17, 15) is 13.2 Å². The molecular weight excluding hydrogens is 256 g/mol. The lowest BCUT2D eigenvalue weighted by atomic mass is 10.4. The molecule has 100 valence electrons. The lowest BCUT2D eigenvalue weighted by Gasteiger charge is -2.19. The number of carbonyl (C=O) groups excluding carboxylic acids is 1. The Morgan fingerprint density at radius 2 is 1.94 bits per heavy atom. The van der Waals surface area contributed by atoms with Crippen molar-refractivity contribution >= 4 is 16.1 Å². The summed E-state index contributed by atoms with van der Waals surface area (Å²) in [5.41, 5.74) is 5.03. The molecule has 6 nitrogen and oxygen atoms in total. The van der Waals surface area contributed by atoms with Crippen LogP contribution in [0.25, 0.3) is 0 Å². The summed E-state index contributed by atoms with van der Waals surface area (Å²) < 4.78 is 24.4.